The molecule has 9 heteroatoms. The first-order valence-electron chi connectivity index (χ1n) is 22.2. The molecule has 7 atom stereocenters. The van der Waals surface area contributed by atoms with Gasteiger partial charge in [0.25, 0.3) is 0 Å². The molecule has 1 aliphatic heterocycles. The molecule has 310 valence electrons. The van der Waals surface area contributed by atoms with Crippen molar-refractivity contribution in [3.63, 3.8) is 0 Å². The number of hydrogen-bond acceptors (Lipinski definition) is 8. The third-order valence-electron chi connectivity index (χ3n) is 11.0. The van der Waals surface area contributed by atoms with Crippen molar-refractivity contribution in [2.45, 2.75) is 256 Å². The second kappa shape index (κ2) is 34.7. The van der Waals surface area contributed by atoms with E-state index >= 15 is 0 Å². The highest BCUT2D eigenvalue weighted by molar-refractivity contribution is 5.76. The Labute approximate surface area is 319 Å². The molecule has 1 aliphatic rings. The number of aliphatic hydroxyl groups excluding tert-OH is 5. The summed E-state index contributed by atoms with van der Waals surface area (Å²) >= 11 is 0. The molecule has 1 fully saturated rings. The average molecular weight is 744 g/mol. The molecule has 52 heavy (non-hydrogen) atoms. The van der Waals surface area contributed by atoms with Crippen molar-refractivity contribution in [3.8, 4) is 0 Å². The van der Waals surface area contributed by atoms with Gasteiger partial charge < -0.3 is 40.3 Å². The molecule has 0 radical (unpaired) electrons. The number of aliphatic hydroxyl groups is 5. The molecular weight excluding hydrogens is 658 g/mol. The Kier molecular flexibility index (Phi) is 32.8. The van der Waals surface area contributed by atoms with Crippen molar-refractivity contribution < 1.29 is 39.8 Å². The van der Waals surface area contributed by atoms with Gasteiger partial charge in [0.15, 0.2) is 6.29 Å². The molecule has 2 unspecified atom stereocenters. The van der Waals surface area contributed by atoms with E-state index in [2.05, 4.69) is 19.2 Å². The summed E-state index contributed by atoms with van der Waals surface area (Å²) < 4.78 is 11.2. The van der Waals surface area contributed by atoms with Gasteiger partial charge in [0.05, 0.1) is 25.4 Å². The van der Waals surface area contributed by atoms with Gasteiger partial charge >= 0.3 is 0 Å². The van der Waals surface area contributed by atoms with Crippen molar-refractivity contribution in [1.82, 2.24) is 5.32 Å². The number of nitrogens with one attached hydrogen (secondary N) is 1. The standard InChI is InChI=1S/C43H85NO8/c1-3-5-7-9-11-13-15-17-18-19-21-22-24-26-28-30-32-37(46)36(35-51-43-42(50)41(49)40(48)38(34-45)52-43)44-39(47)33-31-29-27-25-23-20-16-14-12-10-8-6-4-2/h36-38,40-43,45-46,48-50H,3-35H2,1-2H3,(H,44,47)/t36-,37+,38+,40+,41?,42?,43+/m0/s1. The van der Waals surface area contributed by atoms with Gasteiger partial charge in [0.2, 0.25) is 5.91 Å². The molecule has 0 aliphatic carbocycles. The Hall–Kier alpha value is -0.810. The molecule has 0 spiro atoms. The van der Waals surface area contributed by atoms with Gasteiger partial charge in [-0.1, -0.05) is 194 Å². The first-order chi connectivity index (χ1) is 25.3. The molecule has 0 aromatic rings. The minimum Gasteiger partial charge on any atom is -0.394 e. The van der Waals surface area contributed by atoms with E-state index < -0.39 is 49.5 Å². The van der Waals surface area contributed by atoms with Crippen LogP contribution in [-0.2, 0) is 14.3 Å². The van der Waals surface area contributed by atoms with Crippen molar-refractivity contribution in [2.75, 3.05) is 13.2 Å². The van der Waals surface area contributed by atoms with Gasteiger partial charge in [-0.3, -0.25) is 4.79 Å². The van der Waals surface area contributed by atoms with E-state index in [0.717, 1.165) is 38.5 Å². The van der Waals surface area contributed by atoms with Gasteiger partial charge in [-0.05, 0) is 12.8 Å². The summed E-state index contributed by atoms with van der Waals surface area (Å²) in [7, 11) is 0. The summed E-state index contributed by atoms with van der Waals surface area (Å²) in [5, 5.41) is 54.3. The predicted molar refractivity (Wildman–Crippen MR) is 212 cm³/mol. The van der Waals surface area contributed by atoms with Crippen molar-refractivity contribution in [2.24, 2.45) is 0 Å². The van der Waals surface area contributed by atoms with Gasteiger partial charge in [0, 0.05) is 6.42 Å². The Bertz CT molecular complexity index is 786. The van der Waals surface area contributed by atoms with E-state index in [-0.39, 0.29) is 12.5 Å². The van der Waals surface area contributed by atoms with E-state index in [1.165, 1.54) is 148 Å². The molecule has 1 rings (SSSR count). The molecule has 0 aromatic heterocycles. The number of ether oxygens (including phenoxy) is 2. The van der Waals surface area contributed by atoms with Crippen LogP contribution in [0.25, 0.3) is 0 Å². The molecule has 0 aromatic carbocycles. The molecular formula is C43H85NO8. The molecule has 9 nitrogen and oxygen atoms in total. The van der Waals surface area contributed by atoms with Crippen molar-refractivity contribution >= 4 is 5.91 Å². The monoisotopic (exact) mass is 744 g/mol. The van der Waals surface area contributed by atoms with E-state index in [9.17, 15) is 30.3 Å². The number of carbonyl (C=O) groups excluding carboxylic acids is 1. The maximum Gasteiger partial charge on any atom is 0.220 e. The molecule has 6 N–H and O–H groups in total. The number of hydrogen-bond donors (Lipinski definition) is 6. The quantitative estimate of drug-likeness (QED) is 0.0346. The second-order valence-corrected chi connectivity index (χ2v) is 15.9. The van der Waals surface area contributed by atoms with Crippen LogP contribution in [0.4, 0.5) is 0 Å². The largest absolute Gasteiger partial charge is 0.394 e. The van der Waals surface area contributed by atoms with Crippen LogP contribution < -0.4 is 5.32 Å². The summed E-state index contributed by atoms with van der Waals surface area (Å²) in [4.78, 5) is 12.9. The van der Waals surface area contributed by atoms with Crippen LogP contribution in [0.1, 0.15) is 213 Å². The maximum atomic E-state index is 12.9. The Balaban J connectivity index is 2.34. The number of rotatable bonds is 37. The number of carbonyl (C=O) groups is 1. The first kappa shape index (κ1) is 49.2. The maximum absolute atomic E-state index is 12.9. The van der Waals surface area contributed by atoms with Gasteiger partial charge in [-0.2, -0.15) is 0 Å². The Morgan fingerprint density at radius 1 is 0.577 bits per heavy atom. The lowest BCUT2D eigenvalue weighted by Crippen LogP contribution is -2.60. The smallest absolute Gasteiger partial charge is 0.220 e. The Morgan fingerprint density at radius 3 is 1.37 bits per heavy atom. The van der Waals surface area contributed by atoms with Crippen LogP contribution in [-0.4, -0.2) is 87.5 Å². The lowest BCUT2D eigenvalue weighted by atomic mass is 9.99. The van der Waals surface area contributed by atoms with E-state index in [1.807, 2.05) is 0 Å². The lowest BCUT2D eigenvalue weighted by molar-refractivity contribution is -0.302. The average Bonchev–Trinajstić information content (AvgIpc) is 3.14. The highest BCUT2D eigenvalue weighted by Crippen LogP contribution is 2.23. The van der Waals surface area contributed by atoms with E-state index in [4.69, 9.17) is 9.47 Å². The summed E-state index contributed by atoms with van der Waals surface area (Å²) in [5.74, 6) is -0.142. The molecule has 1 amide bonds. The summed E-state index contributed by atoms with van der Waals surface area (Å²) in [6.07, 6.45) is 29.6. The number of unbranched alkanes of at least 4 members (excludes halogenated alkanes) is 27. The normalized spacial score (nSPS) is 21.7. The third kappa shape index (κ3) is 25.3. The van der Waals surface area contributed by atoms with Gasteiger partial charge in [0.1, 0.15) is 24.4 Å². The second-order valence-electron chi connectivity index (χ2n) is 15.9. The van der Waals surface area contributed by atoms with Crippen LogP contribution in [0.2, 0.25) is 0 Å². The fourth-order valence-corrected chi connectivity index (χ4v) is 7.34. The number of amides is 1. The Morgan fingerprint density at radius 2 is 0.962 bits per heavy atom. The minimum atomic E-state index is -1.55. The highest BCUT2D eigenvalue weighted by atomic mass is 16.7. The van der Waals surface area contributed by atoms with Crippen molar-refractivity contribution in [3.05, 3.63) is 0 Å². The zero-order valence-electron chi connectivity index (χ0n) is 33.8. The van der Waals surface area contributed by atoms with Crippen LogP contribution in [0.3, 0.4) is 0 Å². The molecule has 0 saturated carbocycles. The van der Waals surface area contributed by atoms with Crippen LogP contribution in [0, 0.1) is 0 Å². The van der Waals surface area contributed by atoms with Crippen LogP contribution in [0.15, 0.2) is 0 Å². The SMILES string of the molecule is CCCCCCCCCCCCCCCCCC[C@@H](O)[C@H](CO[C@@H]1O[C@H](CO)[C@@H](O)C(O)C1O)NC(=O)CCCCCCCCCCCCCCC. The first-order valence-corrected chi connectivity index (χ1v) is 22.2. The van der Waals surface area contributed by atoms with Crippen molar-refractivity contribution in [1.29, 1.82) is 0 Å². The molecule has 1 heterocycles. The molecule has 1 saturated heterocycles. The third-order valence-corrected chi connectivity index (χ3v) is 11.0. The summed E-state index contributed by atoms with van der Waals surface area (Å²) in [6.45, 7) is 3.84. The van der Waals surface area contributed by atoms with Gasteiger partial charge in [-0.25, -0.2) is 0 Å². The fourth-order valence-electron chi connectivity index (χ4n) is 7.34. The lowest BCUT2D eigenvalue weighted by Gasteiger charge is -2.40. The highest BCUT2D eigenvalue weighted by Gasteiger charge is 2.44. The topological polar surface area (TPSA) is 149 Å². The van der Waals surface area contributed by atoms with Crippen LogP contribution >= 0.6 is 0 Å². The minimum absolute atomic E-state index is 0.132. The fraction of sp³-hybridized carbons (Fsp3) is 0.977. The summed E-state index contributed by atoms with van der Waals surface area (Å²) in [5.41, 5.74) is 0. The van der Waals surface area contributed by atoms with E-state index in [1.54, 1.807) is 0 Å². The zero-order valence-corrected chi connectivity index (χ0v) is 33.8. The summed E-state index contributed by atoms with van der Waals surface area (Å²) in [6, 6.07) is -0.710. The van der Waals surface area contributed by atoms with E-state index in [0.29, 0.717) is 12.8 Å². The zero-order chi connectivity index (χ0) is 38.1. The van der Waals surface area contributed by atoms with Crippen LogP contribution in [0.5, 0.6) is 0 Å². The predicted octanol–water partition coefficient (Wildman–Crippen LogP) is 8.78. The van der Waals surface area contributed by atoms with Gasteiger partial charge in [-0.15, -0.1) is 0 Å². The molecule has 0 bridgehead atoms.